The maximum atomic E-state index is 12.3. The molecule has 2 rings (SSSR count). The zero-order valence-corrected chi connectivity index (χ0v) is 16.0. The van der Waals surface area contributed by atoms with Crippen LogP contribution in [-0.4, -0.2) is 68.0 Å². The summed E-state index contributed by atoms with van der Waals surface area (Å²) >= 11 is 0. The normalized spacial score (nSPS) is 15.7. The number of carbonyl (C=O) groups excluding carboxylic acids is 2. The van der Waals surface area contributed by atoms with E-state index in [9.17, 15) is 9.59 Å². The lowest BCUT2D eigenvalue weighted by atomic mass is 10.2. The largest absolute Gasteiger partial charge is 0.497 e. The highest BCUT2D eigenvalue weighted by molar-refractivity contribution is 5.94. The fourth-order valence-electron chi connectivity index (χ4n) is 2.99. The van der Waals surface area contributed by atoms with Crippen LogP contribution in [0.3, 0.4) is 0 Å². The van der Waals surface area contributed by atoms with E-state index in [0.29, 0.717) is 12.1 Å². The van der Waals surface area contributed by atoms with Gasteiger partial charge in [0.2, 0.25) is 5.91 Å². The number of hydrogen-bond donors (Lipinski definition) is 1. The Balaban J connectivity index is 1.70. The summed E-state index contributed by atoms with van der Waals surface area (Å²) in [5.41, 5.74) is 1.45. The minimum Gasteiger partial charge on any atom is -0.497 e. The molecule has 1 saturated heterocycles. The Morgan fingerprint density at radius 2 is 1.81 bits per heavy atom. The van der Waals surface area contributed by atoms with E-state index >= 15 is 0 Å². The van der Waals surface area contributed by atoms with Crippen LogP contribution in [-0.2, 0) is 4.79 Å². The van der Waals surface area contributed by atoms with Crippen LogP contribution in [0.15, 0.2) is 35.9 Å². The molecule has 1 fully saturated rings. The van der Waals surface area contributed by atoms with Gasteiger partial charge < -0.3 is 15.0 Å². The van der Waals surface area contributed by atoms with Gasteiger partial charge in [-0.15, -0.1) is 0 Å². The van der Waals surface area contributed by atoms with Gasteiger partial charge in [0, 0.05) is 50.4 Å². The fourth-order valence-corrected chi connectivity index (χ4v) is 2.99. The van der Waals surface area contributed by atoms with Gasteiger partial charge in [-0.3, -0.25) is 14.5 Å². The first-order valence-electron chi connectivity index (χ1n) is 9.15. The number of ether oxygens (including phenoxy) is 1. The van der Waals surface area contributed by atoms with Gasteiger partial charge in [-0.25, -0.2) is 0 Å². The van der Waals surface area contributed by atoms with Gasteiger partial charge in [0.15, 0.2) is 0 Å². The van der Waals surface area contributed by atoms with Crippen LogP contribution >= 0.6 is 0 Å². The first kappa shape index (κ1) is 20.0. The van der Waals surface area contributed by atoms with E-state index in [0.717, 1.165) is 50.5 Å². The number of amides is 2. The zero-order valence-electron chi connectivity index (χ0n) is 16.0. The van der Waals surface area contributed by atoms with Gasteiger partial charge in [0.05, 0.1) is 7.11 Å². The summed E-state index contributed by atoms with van der Waals surface area (Å²) in [5, 5.41) is 2.94. The molecule has 1 heterocycles. The van der Waals surface area contributed by atoms with E-state index in [1.807, 2.05) is 24.8 Å². The molecule has 0 aliphatic carbocycles. The highest BCUT2D eigenvalue weighted by Gasteiger charge is 2.21. The second-order valence-electron chi connectivity index (χ2n) is 6.41. The predicted molar refractivity (Wildman–Crippen MR) is 102 cm³/mol. The summed E-state index contributed by atoms with van der Waals surface area (Å²) in [6.07, 6.45) is 2.86. The van der Waals surface area contributed by atoms with Gasteiger partial charge in [-0.05, 0) is 37.6 Å². The summed E-state index contributed by atoms with van der Waals surface area (Å²) in [6, 6.07) is 7.07. The van der Waals surface area contributed by atoms with E-state index in [1.165, 1.54) is 0 Å². The molecule has 6 nitrogen and oxygen atoms in total. The number of nitrogens with zero attached hydrogens (tertiary/aromatic N) is 2. The number of hydrogen-bond acceptors (Lipinski definition) is 4. The van der Waals surface area contributed by atoms with Crippen LogP contribution in [0, 0.1) is 0 Å². The molecule has 26 heavy (non-hydrogen) atoms. The van der Waals surface area contributed by atoms with Crippen LogP contribution in [0.25, 0.3) is 0 Å². The van der Waals surface area contributed by atoms with Crippen LogP contribution in [0.4, 0.5) is 0 Å². The van der Waals surface area contributed by atoms with E-state index in [1.54, 1.807) is 31.4 Å². The number of methoxy groups -OCH3 is 1. The number of piperazine rings is 1. The van der Waals surface area contributed by atoms with Crippen LogP contribution in [0.1, 0.15) is 30.6 Å². The van der Waals surface area contributed by atoms with Crippen molar-refractivity contribution in [2.24, 2.45) is 0 Å². The second-order valence-corrected chi connectivity index (χ2v) is 6.41. The number of allylic oxidation sites excluding steroid dienone is 1. The van der Waals surface area contributed by atoms with Crippen molar-refractivity contribution >= 4 is 11.8 Å². The van der Waals surface area contributed by atoms with Gasteiger partial charge in [-0.2, -0.15) is 0 Å². The smallest absolute Gasteiger partial charge is 0.251 e. The van der Waals surface area contributed by atoms with Crippen LogP contribution in [0.5, 0.6) is 5.75 Å². The van der Waals surface area contributed by atoms with E-state index in [4.69, 9.17) is 4.74 Å². The van der Waals surface area contributed by atoms with Crippen molar-refractivity contribution in [3.8, 4) is 5.75 Å². The van der Waals surface area contributed by atoms with Crippen LogP contribution in [0.2, 0.25) is 0 Å². The average molecular weight is 359 g/mol. The summed E-state index contributed by atoms with van der Waals surface area (Å²) in [5.74, 6) is 0.791. The molecule has 0 atom stereocenters. The lowest BCUT2D eigenvalue weighted by Crippen LogP contribution is -2.50. The molecule has 6 heteroatoms. The molecule has 1 aromatic rings. The third kappa shape index (κ3) is 5.59. The van der Waals surface area contributed by atoms with Crippen molar-refractivity contribution in [3.05, 3.63) is 41.5 Å². The maximum absolute atomic E-state index is 12.3. The molecule has 0 unspecified atom stereocenters. The quantitative estimate of drug-likeness (QED) is 0.756. The first-order chi connectivity index (χ1) is 12.5. The molecule has 0 radical (unpaired) electrons. The molecule has 1 aliphatic heterocycles. The molecule has 0 spiro atoms. The Labute approximate surface area is 155 Å². The molecule has 1 aromatic carbocycles. The lowest BCUT2D eigenvalue weighted by molar-refractivity contribution is -0.128. The minimum absolute atomic E-state index is 0.0817. The average Bonchev–Trinajstić information content (AvgIpc) is 2.68. The number of rotatable bonds is 7. The van der Waals surface area contributed by atoms with Gasteiger partial charge >= 0.3 is 0 Å². The lowest BCUT2D eigenvalue weighted by Gasteiger charge is -2.35. The van der Waals surface area contributed by atoms with Crippen molar-refractivity contribution in [3.63, 3.8) is 0 Å². The molecule has 1 N–H and O–H groups in total. The number of benzene rings is 1. The Hall–Kier alpha value is -2.34. The minimum atomic E-state index is -0.0817. The maximum Gasteiger partial charge on any atom is 0.251 e. The third-order valence-electron chi connectivity index (χ3n) is 4.57. The van der Waals surface area contributed by atoms with Crippen molar-refractivity contribution in [2.75, 3.05) is 46.4 Å². The Bertz CT molecular complexity index is 632. The Morgan fingerprint density at radius 3 is 2.38 bits per heavy atom. The van der Waals surface area contributed by atoms with Crippen molar-refractivity contribution in [1.82, 2.24) is 15.1 Å². The van der Waals surface area contributed by atoms with Gasteiger partial charge in [-0.1, -0.05) is 13.0 Å². The van der Waals surface area contributed by atoms with Crippen molar-refractivity contribution in [1.29, 1.82) is 0 Å². The number of carbonyl (C=O) groups is 2. The van der Waals surface area contributed by atoms with Crippen molar-refractivity contribution < 1.29 is 14.3 Å². The second kappa shape index (κ2) is 9.97. The molecular weight excluding hydrogens is 330 g/mol. The molecule has 142 valence electrons. The molecule has 1 aliphatic rings. The standard InChI is InChI=1S/C20H29N3O3/c1-4-5-16(2)20(25)23-14-12-22(13-15-23)11-10-21-19(24)17-6-8-18(26-3)9-7-17/h5-9H,4,10-15H2,1-3H3,(H,21,24)/b16-5-. The molecule has 0 saturated carbocycles. The van der Waals surface area contributed by atoms with Crippen LogP contribution < -0.4 is 10.1 Å². The summed E-state index contributed by atoms with van der Waals surface area (Å²) in [4.78, 5) is 28.6. The topological polar surface area (TPSA) is 61.9 Å². The zero-order chi connectivity index (χ0) is 18.9. The van der Waals surface area contributed by atoms with E-state index in [-0.39, 0.29) is 11.8 Å². The van der Waals surface area contributed by atoms with Gasteiger partial charge in [0.25, 0.3) is 5.91 Å². The highest BCUT2D eigenvalue weighted by atomic mass is 16.5. The van der Waals surface area contributed by atoms with E-state index in [2.05, 4.69) is 10.2 Å². The SMILES string of the molecule is CC/C=C(/C)C(=O)N1CCN(CCNC(=O)c2ccc(OC)cc2)CC1. The molecule has 2 amide bonds. The highest BCUT2D eigenvalue weighted by Crippen LogP contribution is 2.11. The Kier molecular flexibility index (Phi) is 7.66. The fraction of sp³-hybridized carbons (Fsp3) is 0.500. The first-order valence-corrected chi connectivity index (χ1v) is 9.15. The predicted octanol–water partition coefficient (Wildman–Crippen LogP) is 1.93. The van der Waals surface area contributed by atoms with E-state index < -0.39 is 0 Å². The third-order valence-corrected chi connectivity index (χ3v) is 4.57. The van der Waals surface area contributed by atoms with Crippen molar-refractivity contribution in [2.45, 2.75) is 20.3 Å². The summed E-state index contributed by atoms with van der Waals surface area (Å²) < 4.78 is 5.09. The monoisotopic (exact) mass is 359 g/mol. The summed E-state index contributed by atoms with van der Waals surface area (Å²) in [7, 11) is 1.60. The Morgan fingerprint density at radius 1 is 1.15 bits per heavy atom. The summed E-state index contributed by atoms with van der Waals surface area (Å²) in [6.45, 7) is 8.44. The molecular formula is C20H29N3O3. The number of nitrogens with one attached hydrogen (secondary N) is 1. The van der Waals surface area contributed by atoms with Gasteiger partial charge in [0.1, 0.15) is 5.75 Å². The molecule has 0 aromatic heterocycles. The molecule has 0 bridgehead atoms.